The maximum absolute atomic E-state index is 13.0. The second kappa shape index (κ2) is 9.82. The van der Waals surface area contributed by atoms with E-state index in [1.165, 1.54) is 0 Å². The molecule has 0 amide bonds. The minimum Gasteiger partial charge on any atom is -0.497 e. The number of alkyl halides is 3. The van der Waals surface area contributed by atoms with Crippen LogP contribution in [0.4, 0.5) is 13.2 Å². The van der Waals surface area contributed by atoms with Crippen LogP contribution >= 0.6 is 0 Å². The molecule has 3 N–H and O–H groups in total. The van der Waals surface area contributed by atoms with E-state index < -0.39 is 18.2 Å². The average Bonchev–Trinajstić information content (AvgIpc) is 2.65. The van der Waals surface area contributed by atoms with E-state index in [1.54, 1.807) is 31.4 Å². The van der Waals surface area contributed by atoms with Crippen LogP contribution in [-0.2, 0) is 0 Å². The molecule has 8 heteroatoms. The molecule has 3 atom stereocenters. The van der Waals surface area contributed by atoms with E-state index in [4.69, 9.17) is 4.74 Å². The Balaban J connectivity index is 1.98. The number of halogens is 3. The summed E-state index contributed by atoms with van der Waals surface area (Å²) in [6, 6.07) is 6.79. The summed E-state index contributed by atoms with van der Waals surface area (Å²) >= 11 is 0. The quantitative estimate of drug-likeness (QED) is 0.517. The Morgan fingerprint density at radius 3 is 2.81 bits per heavy atom. The zero-order valence-corrected chi connectivity index (χ0v) is 15.7. The Bertz CT molecular complexity index is 622. The Labute approximate surface area is 158 Å². The summed E-state index contributed by atoms with van der Waals surface area (Å²) in [6.07, 6.45) is -3.54. The predicted molar refractivity (Wildman–Crippen MR) is 98.9 cm³/mol. The SMILES string of the molecule is CCNC(=NCC(O)c1cccc(OC)c1)NC1CCCC(C(F)(F)F)C1. The van der Waals surface area contributed by atoms with Crippen molar-refractivity contribution in [2.75, 3.05) is 20.2 Å². The molecule has 1 aromatic carbocycles. The fourth-order valence-electron chi connectivity index (χ4n) is 3.26. The van der Waals surface area contributed by atoms with Gasteiger partial charge in [0.2, 0.25) is 0 Å². The second-order valence-corrected chi connectivity index (χ2v) is 6.76. The highest BCUT2D eigenvalue weighted by atomic mass is 19.4. The number of nitrogens with one attached hydrogen (secondary N) is 2. The zero-order chi connectivity index (χ0) is 19.9. The predicted octanol–water partition coefficient (Wildman–Crippen LogP) is 3.40. The minimum atomic E-state index is -4.15. The van der Waals surface area contributed by atoms with Gasteiger partial charge >= 0.3 is 6.18 Å². The highest BCUT2D eigenvalue weighted by Gasteiger charge is 2.42. The molecule has 0 aliphatic heterocycles. The van der Waals surface area contributed by atoms with E-state index in [-0.39, 0.29) is 25.4 Å². The van der Waals surface area contributed by atoms with Gasteiger partial charge in [0.15, 0.2) is 5.96 Å². The van der Waals surface area contributed by atoms with E-state index in [0.29, 0.717) is 36.7 Å². The average molecular weight is 387 g/mol. The number of ether oxygens (including phenoxy) is 1. The van der Waals surface area contributed by atoms with Crippen LogP contribution in [0.25, 0.3) is 0 Å². The maximum atomic E-state index is 13.0. The van der Waals surface area contributed by atoms with Gasteiger partial charge in [-0.2, -0.15) is 13.2 Å². The van der Waals surface area contributed by atoms with Crippen molar-refractivity contribution >= 4 is 5.96 Å². The third-order valence-electron chi connectivity index (χ3n) is 4.72. The number of benzene rings is 1. The van der Waals surface area contributed by atoms with Crippen molar-refractivity contribution in [1.29, 1.82) is 0 Å². The monoisotopic (exact) mass is 387 g/mol. The fourth-order valence-corrected chi connectivity index (χ4v) is 3.26. The number of nitrogens with zero attached hydrogens (tertiary/aromatic N) is 1. The first-order chi connectivity index (χ1) is 12.8. The van der Waals surface area contributed by atoms with Crippen molar-refractivity contribution in [2.45, 2.75) is 50.9 Å². The Kier molecular flexibility index (Phi) is 7.77. The molecule has 0 heterocycles. The highest BCUT2D eigenvalue weighted by molar-refractivity contribution is 5.80. The summed E-state index contributed by atoms with van der Waals surface area (Å²) in [5, 5.41) is 16.5. The van der Waals surface area contributed by atoms with Gasteiger partial charge in [0.05, 0.1) is 25.7 Å². The van der Waals surface area contributed by atoms with Crippen molar-refractivity contribution in [3.05, 3.63) is 29.8 Å². The summed E-state index contributed by atoms with van der Waals surface area (Å²) in [6.45, 7) is 2.56. The molecule has 0 radical (unpaired) electrons. The molecule has 27 heavy (non-hydrogen) atoms. The highest BCUT2D eigenvalue weighted by Crippen LogP contribution is 2.37. The molecule has 1 aromatic rings. The van der Waals surface area contributed by atoms with Crippen LogP contribution < -0.4 is 15.4 Å². The molecule has 1 saturated carbocycles. The van der Waals surface area contributed by atoms with E-state index in [0.717, 1.165) is 0 Å². The van der Waals surface area contributed by atoms with E-state index in [2.05, 4.69) is 15.6 Å². The number of rotatable bonds is 6. The van der Waals surface area contributed by atoms with Gasteiger partial charge in [0.1, 0.15) is 5.75 Å². The van der Waals surface area contributed by atoms with E-state index in [1.807, 2.05) is 6.92 Å². The van der Waals surface area contributed by atoms with Crippen LogP contribution in [0.2, 0.25) is 0 Å². The lowest BCUT2D eigenvalue weighted by atomic mass is 9.85. The lowest BCUT2D eigenvalue weighted by molar-refractivity contribution is -0.183. The first-order valence-electron chi connectivity index (χ1n) is 9.27. The number of aliphatic hydroxyl groups is 1. The molecule has 3 unspecified atom stereocenters. The van der Waals surface area contributed by atoms with Gasteiger partial charge in [-0.15, -0.1) is 0 Å². The molecule has 1 fully saturated rings. The second-order valence-electron chi connectivity index (χ2n) is 6.76. The molecule has 152 valence electrons. The van der Waals surface area contributed by atoms with Crippen LogP contribution in [0, 0.1) is 5.92 Å². The molecule has 0 spiro atoms. The van der Waals surface area contributed by atoms with Crippen LogP contribution in [0.5, 0.6) is 5.75 Å². The van der Waals surface area contributed by atoms with Gasteiger partial charge in [-0.25, -0.2) is 0 Å². The number of aliphatic imine (C=N–C) groups is 1. The molecule has 5 nitrogen and oxygen atoms in total. The van der Waals surface area contributed by atoms with Gasteiger partial charge in [-0.1, -0.05) is 18.6 Å². The van der Waals surface area contributed by atoms with Crippen molar-refractivity contribution in [1.82, 2.24) is 10.6 Å². The van der Waals surface area contributed by atoms with E-state index >= 15 is 0 Å². The van der Waals surface area contributed by atoms with Crippen molar-refractivity contribution in [3.8, 4) is 5.75 Å². The molecule has 0 bridgehead atoms. The summed E-state index contributed by atoms with van der Waals surface area (Å²) in [4.78, 5) is 4.35. The number of aliphatic hydroxyl groups excluding tert-OH is 1. The Morgan fingerprint density at radius 2 is 2.15 bits per heavy atom. The maximum Gasteiger partial charge on any atom is 0.391 e. The van der Waals surface area contributed by atoms with Crippen LogP contribution in [-0.4, -0.2) is 43.5 Å². The summed E-state index contributed by atoms with van der Waals surface area (Å²) in [7, 11) is 1.55. The Morgan fingerprint density at radius 1 is 1.37 bits per heavy atom. The normalized spacial score (nSPS) is 22.2. The summed E-state index contributed by atoms with van der Waals surface area (Å²) in [5.41, 5.74) is 0.670. The van der Waals surface area contributed by atoms with Gasteiger partial charge in [0.25, 0.3) is 0 Å². The first kappa shape index (κ1) is 21.3. The van der Waals surface area contributed by atoms with Crippen LogP contribution in [0.15, 0.2) is 29.3 Å². The number of hydrogen-bond donors (Lipinski definition) is 3. The first-order valence-corrected chi connectivity index (χ1v) is 9.27. The third-order valence-corrected chi connectivity index (χ3v) is 4.72. The fraction of sp³-hybridized carbons (Fsp3) is 0.632. The topological polar surface area (TPSA) is 65.9 Å². The molecular formula is C19H28F3N3O2. The third kappa shape index (κ3) is 6.61. The molecule has 1 aliphatic rings. The van der Waals surface area contributed by atoms with Crippen molar-refractivity contribution in [3.63, 3.8) is 0 Å². The van der Waals surface area contributed by atoms with Gasteiger partial charge in [0, 0.05) is 12.6 Å². The smallest absolute Gasteiger partial charge is 0.391 e. The molecule has 1 aliphatic carbocycles. The molecule has 0 saturated heterocycles. The lowest BCUT2D eigenvalue weighted by Gasteiger charge is -2.32. The zero-order valence-electron chi connectivity index (χ0n) is 15.7. The number of hydrogen-bond acceptors (Lipinski definition) is 3. The van der Waals surface area contributed by atoms with Gasteiger partial charge < -0.3 is 20.5 Å². The molecular weight excluding hydrogens is 359 g/mol. The van der Waals surface area contributed by atoms with Crippen LogP contribution in [0.3, 0.4) is 0 Å². The van der Waals surface area contributed by atoms with Crippen LogP contribution in [0.1, 0.15) is 44.3 Å². The molecule has 0 aromatic heterocycles. The lowest BCUT2D eigenvalue weighted by Crippen LogP contribution is -2.47. The minimum absolute atomic E-state index is 0.0480. The van der Waals surface area contributed by atoms with E-state index in [9.17, 15) is 18.3 Å². The van der Waals surface area contributed by atoms with Gasteiger partial charge in [-0.05, 0) is 43.9 Å². The largest absolute Gasteiger partial charge is 0.497 e. The number of methoxy groups -OCH3 is 1. The summed E-state index contributed by atoms with van der Waals surface area (Å²) < 4.78 is 44.1. The standard InChI is InChI=1S/C19H28F3N3O2/c1-3-23-18(25-15-8-5-7-14(11-15)19(20,21)22)24-12-17(26)13-6-4-9-16(10-13)27-2/h4,6,9-10,14-15,17,26H,3,5,7-8,11-12H2,1-2H3,(H2,23,24,25). The van der Waals surface area contributed by atoms with Crippen molar-refractivity contribution < 1.29 is 23.0 Å². The number of guanidine groups is 1. The van der Waals surface area contributed by atoms with Crippen molar-refractivity contribution in [2.24, 2.45) is 10.9 Å². The summed E-state index contributed by atoms with van der Waals surface area (Å²) in [5.74, 6) is -0.206. The van der Waals surface area contributed by atoms with Gasteiger partial charge in [-0.3, -0.25) is 4.99 Å². The molecule has 2 rings (SSSR count). The Hall–Kier alpha value is -1.96.